The maximum atomic E-state index is 2.94. The van der Waals surface area contributed by atoms with Gasteiger partial charge in [0.25, 0.3) is 0 Å². The Morgan fingerprint density at radius 1 is 0.833 bits per heavy atom. The van der Waals surface area contributed by atoms with Crippen LogP contribution in [0.15, 0.2) is 0 Å². The van der Waals surface area contributed by atoms with Crippen LogP contribution in [-0.4, -0.2) is 48.1 Å². The van der Waals surface area contributed by atoms with E-state index in [1.54, 1.807) is 0 Å². The first-order chi connectivity index (χ1) is 8.88. The Labute approximate surface area is 113 Å². The Hall–Kier alpha value is -0.0800. The topological polar surface area (TPSA) is 6.48 Å². The van der Waals surface area contributed by atoms with Gasteiger partial charge in [0.2, 0.25) is 0 Å². The number of hydrogen-bond acceptors (Lipinski definition) is 2. The maximum Gasteiger partial charge on any atom is 0.0126 e. The van der Waals surface area contributed by atoms with Gasteiger partial charge in [-0.05, 0) is 70.6 Å². The van der Waals surface area contributed by atoms with Crippen LogP contribution in [0.5, 0.6) is 0 Å². The molecule has 0 amide bonds. The van der Waals surface area contributed by atoms with Crippen molar-refractivity contribution in [1.82, 2.24) is 9.80 Å². The van der Waals surface area contributed by atoms with Gasteiger partial charge in [-0.2, -0.15) is 0 Å². The third kappa shape index (κ3) is 2.60. The lowest BCUT2D eigenvalue weighted by atomic mass is 9.77. The fraction of sp³-hybridized carbons (Fsp3) is 1.00. The van der Waals surface area contributed by atoms with E-state index in [2.05, 4.69) is 16.7 Å². The quantitative estimate of drug-likeness (QED) is 0.743. The smallest absolute Gasteiger partial charge is 0.0126 e. The third-order valence-electron chi connectivity index (χ3n) is 5.76. The van der Waals surface area contributed by atoms with E-state index in [0.717, 1.165) is 18.0 Å². The Morgan fingerprint density at radius 3 is 2.33 bits per heavy atom. The van der Waals surface area contributed by atoms with Crippen molar-refractivity contribution in [2.45, 2.75) is 70.4 Å². The first-order valence-corrected chi connectivity index (χ1v) is 8.36. The molecule has 2 aliphatic heterocycles. The number of likely N-dealkylation sites (tertiary alicyclic amines) is 2. The predicted octanol–water partition coefficient (Wildman–Crippen LogP) is 3.13. The van der Waals surface area contributed by atoms with E-state index >= 15 is 0 Å². The highest BCUT2D eigenvalue weighted by atomic mass is 15.2. The number of piperidine rings is 2. The normalized spacial score (nSPS) is 36.5. The Morgan fingerprint density at radius 2 is 1.56 bits per heavy atom. The van der Waals surface area contributed by atoms with Crippen LogP contribution in [-0.2, 0) is 0 Å². The first kappa shape index (κ1) is 12.9. The monoisotopic (exact) mass is 250 g/mol. The van der Waals surface area contributed by atoms with Gasteiger partial charge in [-0.25, -0.2) is 0 Å². The number of rotatable bonds is 2. The summed E-state index contributed by atoms with van der Waals surface area (Å²) in [6.07, 6.45) is 11.9. The van der Waals surface area contributed by atoms with Crippen LogP contribution in [0.1, 0.15) is 58.3 Å². The molecule has 0 aromatic heterocycles. The summed E-state index contributed by atoms with van der Waals surface area (Å²) in [6, 6.07) is 1.88. The van der Waals surface area contributed by atoms with E-state index in [1.807, 2.05) is 0 Å². The standard InChI is InChI=1S/C16H30N2/c1-2-17-12-9-15(10-13-17)18-11-5-7-14-6-3-4-8-16(14)18/h14-16H,2-13H2,1H3/t14-,16+/m1/s1. The molecule has 104 valence electrons. The van der Waals surface area contributed by atoms with Crippen LogP contribution >= 0.6 is 0 Å². The van der Waals surface area contributed by atoms with Crippen molar-refractivity contribution in [3.63, 3.8) is 0 Å². The molecule has 0 N–H and O–H groups in total. The second kappa shape index (κ2) is 5.92. The molecule has 2 heteroatoms. The van der Waals surface area contributed by atoms with Gasteiger partial charge >= 0.3 is 0 Å². The first-order valence-electron chi connectivity index (χ1n) is 8.36. The van der Waals surface area contributed by atoms with Crippen molar-refractivity contribution in [3.8, 4) is 0 Å². The van der Waals surface area contributed by atoms with Crippen molar-refractivity contribution in [2.24, 2.45) is 5.92 Å². The predicted molar refractivity (Wildman–Crippen MR) is 76.8 cm³/mol. The molecule has 18 heavy (non-hydrogen) atoms. The molecule has 0 aromatic carbocycles. The van der Waals surface area contributed by atoms with Crippen LogP contribution in [0.4, 0.5) is 0 Å². The summed E-state index contributed by atoms with van der Waals surface area (Å²) in [4.78, 5) is 5.57. The lowest BCUT2D eigenvalue weighted by molar-refractivity contribution is 0.00264. The molecule has 0 aromatic rings. The summed E-state index contributed by atoms with van der Waals surface area (Å²) in [7, 11) is 0. The minimum absolute atomic E-state index is 0.915. The Kier molecular flexibility index (Phi) is 4.25. The van der Waals surface area contributed by atoms with Gasteiger partial charge in [-0.3, -0.25) is 4.90 Å². The van der Waals surface area contributed by atoms with Gasteiger partial charge in [0.1, 0.15) is 0 Å². The molecule has 0 unspecified atom stereocenters. The molecule has 0 bridgehead atoms. The summed E-state index contributed by atoms with van der Waals surface area (Å²) in [5.74, 6) is 1.05. The highest BCUT2D eigenvalue weighted by Crippen LogP contribution is 2.37. The molecule has 3 rings (SSSR count). The lowest BCUT2D eigenvalue weighted by Gasteiger charge is -2.49. The maximum absolute atomic E-state index is 2.94. The largest absolute Gasteiger partial charge is 0.303 e. The number of nitrogens with zero attached hydrogens (tertiary/aromatic N) is 2. The average Bonchev–Trinajstić information content (AvgIpc) is 2.47. The zero-order valence-electron chi connectivity index (χ0n) is 12.1. The zero-order valence-corrected chi connectivity index (χ0v) is 12.1. The average molecular weight is 250 g/mol. The Bertz CT molecular complexity index is 256. The summed E-state index contributed by atoms with van der Waals surface area (Å²) >= 11 is 0. The minimum atomic E-state index is 0.915. The second-order valence-corrected chi connectivity index (χ2v) is 6.66. The van der Waals surface area contributed by atoms with Crippen molar-refractivity contribution < 1.29 is 0 Å². The summed E-state index contributed by atoms with van der Waals surface area (Å²) in [5, 5.41) is 0. The lowest BCUT2D eigenvalue weighted by Crippen LogP contribution is -2.54. The van der Waals surface area contributed by atoms with Crippen LogP contribution < -0.4 is 0 Å². The van der Waals surface area contributed by atoms with Crippen LogP contribution in [0.2, 0.25) is 0 Å². The van der Waals surface area contributed by atoms with Crippen LogP contribution in [0.25, 0.3) is 0 Å². The van der Waals surface area contributed by atoms with Crippen LogP contribution in [0, 0.1) is 5.92 Å². The molecular formula is C16H30N2. The minimum Gasteiger partial charge on any atom is -0.303 e. The zero-order chi connectivity index (χ0) is 12.4. The molecule has 3 aliphatic rings. The number of hydrogen-bond donors (Lipinski definition) is 0. The second-order valence-electron chi connectivity index (χ2n) is 6.66. The van der Waals surface area contributed by atoms with E-state index in [0.29, 0.717) is 0 Å². The van der Waals surface area contributed by atoms with E-state index in [4.69, 9.17) is 0 Å². The van der Waals surface area contributed by atoms with Crippen LogP contribution in [0.3, 0.4) is 0 Å². The molecule has 0 spiro atoms. The fourth-order valence-electron chi connectivity index (χ4n) is 4.68. The summed E-state index contributed by atoms with van der Waals surface area (Å²) in [5.41, 5.74) is 0. The van der Waals surface area contributed by atoms with Gasteiger partial charge in [-0.1, -0.05) is 19.8 Å². The van der Waals surface area contributed by atoms with Gasteiger partial charge in [0, 0.05) is 12.1 Å². The molecule has 2 heterocycles. The van der Waals surface area contributed by atoms with E-state index in [1.165, 1.54) is 77.5 Å². The van der Waals surface area contributed by atoms with E-state index < -0.39 is 0 Å². The molecule has 1 aliphatic carbocycles. The Balaban J connectivity index is 1.60. The molecular weight excluding hydrogens is 220 g/mol. The molecule has 3 fully saturated rings. The van der Waals surface area contributed by atoms with E-state index in [9.17, 15) is 0 Å². The van der Waals surface area contributed by atoms with Gasteiger partial charge in [0.15, 0.2) is 0 Å². The van der Waals surface area contributed by atoms with Gasteiger partial charge in [0.05, 0.1) is 0 Å². The van der Waals surface area contributed by atoms with Crippen molar-refractivity contribution in [3.05, 3.63) is 0 Å². The van der Waals surface area contributed by atoms with Gasteiger partial charge in [-0.15, -0.1) is 0 Å². The number of fused-ring (bicyclic) bond motifs is 1. The van der Waals surface area contributed by atoms with Gasteiger partial charge < -0.3 is 4.90 Å². The van der Waals surface area contributed by atoms with E-state index in [-0.39, 0.29) is 0 Å². The molecule has 2 nitrogen and oxygen atoms in total. The fourth-order valence-corrected chi connectivity index (χ4v) is 4.68. The summed E-state index contributed by atoms with van der Waals surface area (Å²) in [6.45, 7) is 7.64. The SMILES string of the molecule is CCN1CCC(N2CCC[C@H]3CCCC[C@@H]32)CC1. The molecule has 0 radical (unpaired) electrons. The third-order valence-corrected chi connectivity index (χ3v) is 5.76. The van der Waals surface area contributed by atoms with Crippen molar-refractivity contribution >= 4 is 0 Å². The highest BCUT2D eigenvalue weighted by molar-refractivity contribution is 4.92. The molecule has 2 saturated heterocycles. The highest BCUT2D eigenvalue weighted by Gasteiger charge is 2.37. The molecule has 1 saturated carbocycles. The summed E-state index contributed by atoms with van der Waals surface area (Å²) < 4.78 is 0. The van der Waals surface area contributed by atoms with Crippen molar-refractivity contribution in [1.29, 1.82) is 0 Å². The van der Waals surface area contributed by atoms with Crippen molar-refractivity contribution in [2.75, 3.05) is 26.2 Å². The molecule has 2 atom stereocenters.